The van der Waals surface area contributed by atoms with Crippen LogP contribution in [0.15, 0.2) is 18.2 Å². The van der Waals surface area contributed by atoms with Gasteiger partial charge in [0.15, 0.2) is 0 Å². The van der Waals surface area contributed by atoms with Crippen molar-refractivity contribution in [3.63, 3.8) is 0 Å². The second-order valence-electron chi connectivity index (χ2n) is 4.17. The standard InChI is InChI=1S/C13H17NO4/c1-16-11-6-2-5-10(12(11)14)13(15)18-9-4-3-7-17-8-9/h2,5-6,9H,3-4,7-8,14H2,1H3. The zero-order valence-electron chi connectivity index (χ0n) is 10.3. The second kappa shape index (κ2) is 5.73. The lowest BCUT2D eigenvalue weighted by Gasteiger charge is -2.22. The first-order valence-electron chi connectivity index (χ1n) is 5.93. The van der Waals surface area contributed by atoms with Crippen molar-refractivity contribution in [2.75, 3.05) is 26.1 Å². The largest absolute Gasteiger partial charge is 0.495 e. The van der Waals surface area contributed by atoms with E-state index in [2.05, 4.69) is 0 Å². The summed E-state index contributed by atoms with van der Waals surface area (Å²) >= 11 is 0. The smallest absolute Gasteiger partial charge is 0.340 e. The SMILES string of the molecule is COc1cccc(C(=O)OC2CCCOC2)c1N. The first-order chi connectivity index (χ1) is 8.72. The van der Waals surface area contributed by atoms with E-state index in [1.165, 1.54) is 7.11 Å². The third kappa shape index (κ3) is 2.73. The first kappa shape index (κ1) is 12.7. The molecule has 1 unspecified atom stereocenters. The molecule has 0 saturated carbocycles. The Kier molecular flexibility index (Phi) is 4.04. The molecular weight excluding hydrogens is 234 g/mol. The molecule has 0 radical (unpaired) electrons. The maximum atomic E-state index is 12.0. The van der Waals surface area contributed by atoms with E-state index in [9.17, 15) is 4.79 Å². The Bertz CT molecular complexity index is 427. The Morgan fingerprint density at radius 3 is 3.00 bits per heavy atom. The van der Waals surface area contributed by atoms with Crippen LogP contribution < -0.4 is 10.5 Å². The minimum Gasteiger partial charge on any atom is -0.495 e. The van der Waals surface area contributed by atoms with Crippen LogP contribution in [0.3, 0.4) is 0 Å². The monoisotopic (exact) mass is 251 g/mol. The van der Waals surface area contributed by atoms with Gasteiger partial charge in [-0.3, -0.25) is 0 Å². The van der Waals surface area contributed by atoms with E-state index in [1.54, 1.807) is 18.2 Å². The topological polar surface area (TPSA) is 70.8 Å². The number of hydrogen-bond donors (Lipinski definition) is 1. The molecule has 1 saturated heterocycles. The second-order valence-corrected chi connectivity index (χ2v) is 4.17. The molecule has 5 nitrogen and oxygen atoms in total. The van der Waals surface area contributed by atoms with Gasteiger partial charge in [0, 0.05) is 6.61 Å². The molecule has 0 aliphatic carbocycles. The van der Waals surface area contributed by atoms with Crippen molar-refractivity contribution in [3.05, 3.63) is 23.8 Å². The highest BCUT2D eigenvalue weighted by Crippen LogP contribution is 2.26. The van der Waals surface area contributed by atoms with Gasteiger partial charge in [-0.15, -0.1) is 0 Å². The molecule has 0 spiro atoms. The van der Waals surface area contributed by atoms with Crippen LogP contribution >= 0.6 is 0 Å². The molecule has 1 atom stereocenters. The Morgan fingerprint density at radius 1 is 1.50 bits per heavy atom. The molecule has 1 fully saturated rings. The van der Waals surface area contributed by atoms with Gasteiger partial charge in [-0.25, -0.2) is 4.79 Å². The average molecular weight is 251 g/mol. The third-order valence-corrected chi connectivity index (χ3v) is 2.90. The quantitative estimate of drug-likeness (QED) is 0.653. The van der Waals surface area contributed by atoms with Crippen LogP contribution in [0.1, 0.15) is 23.2 Å². The van der Waals surface area contributed by atoms with Gasteiger partial charge in [0.25, 0.3) is 0 Å². The minimum atomic E-state index is -0.429. The van der Waals surface area contributed by atoms with E-state index in [-0.39, 0.29) is 6.10 Å². The zero-order valence-corrected chi connectivity index (χ0v) is 10.3. The molecular formula is C13H17NO4. The summed E-state index contributed by atoms with van der Waals surface area (Å²) < 4.78 is 15.7. The highest BCUT2D eigenvalue weighted by Gasteiger charge is 2.21. The van der Waals surface area contributed by atoms with E-state index >= 15 is 0 Å². The third-order valence-electron chi connectivity index (χ3n) is 2.90. The van der Waals surface area contributed by atoms with E-state index in [0.717, 1.165) is 19.4 Å². The summed E-state index contributed by atoms with van der Waals surface area (Å²) in [6.07, 6.45) is 1.55. The van der Waals surface area contributed by atoms with Crippen LogP contribution in [0.5, 0.6) is 5.75 Å². The number of hydrogen-bond acceptors (Lipinski definition) is 5. The van der Waals surface area contributed by atoms with E-state index in [0.29, 0.717) is 23.6 Å². The number of carbonyl (C=O) groups excluding carboxylic acids is 1. The number of esters is 1. The van der Waals surface area contributed by atoms with Crippen molar-refractivity contribution in [2.24, 2.45) is 0 Å². The van der Waals surface area contributed by atoms with Crippen molar-refractivity contribution in [3.8, 4) is 5.75 Å². The summed E-state index contributed by atoms with van der Waals surface area (Å²) in [5.74, 6) is 0.0474. The molecule has 1 aromatic carbocycles. The van der Waals surface area contributed by atoms with Gasteiger partial charge in [0.05, 0.1) is 25.0 Å². The minimum absolute atomic E-state index is 0.183. The van der Waals surface area contributed by atoms with Crippen LogP contribution in [0.25, 0.3) is 0 Å². The number of carbonyl (C=O) groups is 1. The number of nitrogen functional groups attached to an aromatic ring is 1. The number of para-hydroxylation sites is 1. The fourth-order valence-electron chi connectivity index (χ4n) is 1.92. The van der Waals surface area contributed by atoms with Gasteiger partial charge < -0.3 is 19.9 Å². The van der Waals surface area contributed by atoms with Gasteiger partial charge in [-0.05, 0) is 25.0 Å². The molecule has 1 heterocycles. The molecule has 2 rings (SSSR count). The molecule has 98 valence electrons. The van der Waals surface area contributed by atoms with Gasteiger partial charge in [-0.1, -0.05) is 6.07 Å². The number of rotatable bonds is 3. The van der Waals surface area contributed by atoms with Crippen LogP contribution in [0.4, 0.5) is 5.69 Å². The maximum absolute atomic E-state index is 12.0. The fourth-order valence-corrected chi connectivity index (χ4v) is 1.92. The molecule has 0 bridgehead atoms. The van der Waals surface area contributed by atoms with Gasteiger partial charge >= 0.3 is 5.97 Å². The number of nitrogens with two attached hydrogens (primary N) is 1. The van der Waals surface area contributed by atoms with Crippen molar-refractivity contribution >= 4 is 11.7 Å². The fraction of sp³-hybridized carbons (Fsp3) is 0.462. The van der Waals surface area contributed by atoms with E-state index in [4.69, 9.17) is 19.9 Å². The Morgan fingerprint density at radius 2 is 2.33 bits per heavy atom. The summed E-state index contributed by atoms with van der Waals surface area (Å²) in [6, 6.07) is 5.04. The molecule has 1 aromatic rings. The van der Waals surface area contributed by atoms with Gasteiger partial charge in [0.1, 0.15) is 11.9 Å². The van der Waals surface area contributed by atoms with Crippen molar-refractivity contribution in [1.29, 1.82) is 0 Å². The average Bonchev–Trinajstić information content (AvgIpc) is 2.40. The maximum Gasteiger partial charge on any atom is 0.340 e. The zero-order chi connectivity index (χ0) is 13.0. The molecule has 2 N–H and O–H groups in total. The lowest BCUT2D eigenvalue weighted by molar-refractivity contribution is -0.0305. The van der Waals surface area contributed by atoms with Crippen LogP contribution in [-0.4, -0.2) is 32.4 Å². The molecule has 18 heavy (non-hydrogen) atoms. The van der Waals surface area contributed by atoms with Crippen LogP contribution in [0.2, 0.25) is 0 Å². The normalized spacial score (nSPS) is 19.3. The Hall–Kier alpha value is -1.75. The number of ether oxygens (including phenoxy) is 3. The lowest BCUT2D eigenvalue weighted by Crippen LogP contribution is -2.28. The highest BCUT2D eigenvalue weighted by molar-refractivity contribution is 5.96. The van der Waals surface area contributed by atoms with Crippen molar-refractivity contribution in [1.82, 2.24) is 0 Å². The molecule has 1 aliphatic rings. The summed E-state index contributed by atoms with van der Waals surface area (Å²) in [7, 11) is 1.51. The summed E-state index contributed by atoms with van der Waals surface area (Å²) in [5, 5.41) is 0. The van der Waals surface area contributed by atoms with Crippen molar-refractivity contribution in [2.45, 2.75) is 18.9 Å². The van der Waals surface area contributed by atoms with E-state index in [1.807, 2.05) is 0 Å². The van der Waals surface area contributed by atoms with Crippen LogP contribution in [0, 0.1) is 0 Å². The first-order valence-corrected chi connectivity index (χ1v) is 5.93. The number of anilines is 1. The molecule has 5 heteroatoms. The summed E-state index contributed by atoms with van der Waals surface area (Å²) in [4.78, 5) is 12.0. The van der Waals surface area contributed by atoms with Crippen molar-refractivity contribution < 1.29 is 19.0 Å². The number of benzene rings is 1. The summed E-state index contributed by atoms with van der Waals surface area (Å²) in [5.41, 5.74) is 6.48. The van der Waals surface area contributed by atoms with Gasteiger partial charge in [-0.2, -0.15) is 0 Å². The Labute approximate surface area is 106 Å². The molecule has 0 amide bonds. The number of methoxy groups -OCH3 is 1. The van der Waals surface area contributed by atoms with E-state index < -0.39 is 5.97 Å². The summed E-state index contributed by atoms with van der Waals surface area (Å²) in [6.45, 7) is 1.19. The van der Waals surface area contributed by atoms with Gasteiger partial charge in [0.2, 0.25) is 0 Å². The highest BCUT2D eigenvalue weighted by atomic mass is 16.6. The predicted octanol–water partition coefficient (Wildman–Crippen LogP) is 1.61. The Balaban J connectivity index is 2.08. The van der Waals surface area contributed by atoms with Crippen LogP contribution in [-0.2, 0) is 9.47 Å². The molecule has 1 aliphatic heterocycles. The molecule has 0 aromatic heterocycles. The predicted molar refractivity (Wildman–Crippen MR) is 66.7 cm³/mol. The lowest BCUT2D eigenvalue weighted by atomic mass is 10.1.